The van der Waals surface area contributed by atoms with Crippen LogP contribution in [-0.2, 0) is 6.42 Å². The van der Waals surface area contributed by atoms with Gasteiger partial charge in [-0.3, -0.25) is 10.1 Å². The minimum Gasteiger partial charge on any atom is -0.383 e. The number of non-ortho nitro benzene ring substituents is 1. The lowest BCUT2D eigenvalue weighted by Gasteiger charge is -2.15. The Morgan fingerprint density at radius 3 is 2.52 bits per heavy atom. The van der Waals surface area contributed by atoms with Crippen molar-refractivity contribution in [1.82, 2.24) is 0 Å². The van der Waals surface area contributed by atoms with Gasteiger partial charge >= 0.3 is 0 Å². The Morgan fingerprint density at radius 1 is 1.19 bits per heavy atom. The molecule has 2 aromatic carbocycles. The van der Waals surface area contributed by atoms with E-state index in [1.54, 1.807) is 12.1 Å². The van der Waals surface area contributed by atoms with Gasteiger partial charge in [-0.1, -0.05) is 29.8 Å². The molecule has 2 aromatic rings. The predicted molar refractivity (Wildman–Crippen MR) is 85.7 cm³/mol. The van der Waals surface area contributed by atoms with Crippen LogP contribution in [0.1, 0.15) is 24.5 Å². The van der Waals surface area contributed by atoms with Crippen molar-refractivity contribution < 1.29 is 4.92 Å². The summed E-state index contributed by atoms with van der Waals surface area (Å²) < 4.78 is 0. The first-order valence-corrected chi connectivity index (χ1v) is 7.11. The molecule has 2 rings (SSSR count). The van der Waals surface area contributed by atoms with E-state index >= 15 is 0 Å². The number of rotatable bonds is 6. The summed E-state index contributed by atoms with van der Waals surface area (Å²) in [6.45, 7) is 4.22. The Morgan fingerprint density at radius 2 is 1.90 bits per heavy atom. The minimum atomic E-state index is -0.384. The molecule has 0 fully saturated rings. The van der Waals surface area contributed by atoms with Crippen molar-refractivity contribution in [2.24, 2.45) is 0 Å². The zero-order valence-corrected chi connectivity index (χ0v) is 12.4. The summed E-state index contributed by atoms with van der Waals surface area (Å²) in [6, 6.07) is 15.4. The largest absolute Gasteiger partial charge is 0.383 e. The van der Waals surface area contributed by atoms with E-state index in [1.807, 2.05) is 0 Å². The molecule has 21 heavy (non-hydrogen) atoms. The molecule has 0 saturated heterocycles. The van der Waals surface area contributed by atoms with Crippen LogP contribution in [0.3, 0.4) is 0 Å². The number of benzene rings is 2. The van der Waals surface area contributed by atoms with Crippen LogP contribution in [0.15, 0.2) is 48.5 Å². The Bertz CT molecular complexity index is 608. The van der Waals surface area contributed by atoms with Crippen LogP contribution in [0.25, 0.3) is 0 Å². The van der Waals surface area contributed by atoms with Crippen molar-refractivity contribution in [2.75, 3.05) is 5.32 Å². The first-order chi connectivity index (χ1) is 10.0. The average molecular weight is 284 g/mol. The highest BCUT2D eigenvalue weighted by Crippen LogP contribution is 2.17. The topological polar surface area (TPSA) is 55.2 Å². The van der Waals surface area contributed by atoms with Gasteiger partial charge in [0.05, 0.1) is 4.92 Å². The van der Waals surface area contributed by atoms with Crippen molar-refractivity contribution in [3.63, 3.8) is 0 Å². The fourth-order valence-corrected chi connectivity index (χ4v) is 2.29. The molecule has 0 radical (unpaired) electrons. The number of aryl methyl sites for hydroxylation is 2. The number of anilines is 1. The molecule has 0 saturated carbocycles. The van der Waals surface area contributed by atoms with Gasteiger partial charge in [-0.2, -0.15) is 0 Å². The third-order valence-corrected chi connectivity index (χ3v) is 3.44. The third kappa shape index (κ3) is 4.60. The summed E-state index contributed by atoms with van der Waals surface area (Å²) in [7, 11) is 0. The monoisotopic (exact) mass is 284 g/mol. The molecule has 0 spiro atoms. The second-order valence-corrected chi connectivity index (χ2v) is 5.38. The number of hydrogen-bond acceptors (Lipinski definition) is 3. The number of nitrogens with one attached hydrogen (secondary N) is 1. The summed E-state index contributed by atoms with van der Waals surface area (Å²) in [5.74, 6) is 0. The fraction of sp³-hybridized carbons (Fsp3) is 0.294. The van der Waals surface area contributed by atoms with Crippen LogP contribution < -0.4 is 5.32 Å². The third-order valence-electron chi connectivity index (χ3n) is 3.44. The molecule has 0 aliphatic heterocycles. The molecule has 0 aliphatic rings. The smallest absolute Gasteiger partial charge is 0.269 e. The van der Waals surface area contributed by atoms with E-state index in [9.17, 15) is 10.1 Å². The van der Waals surface area contributed by atoms with Crippen molar-refractivity contribution >= 4 is 11.4 Å². The van der Waals surface area contributed by atoms with E-state index in [2.05, 4.69) is 43.4 Å². The fourth-order valence-electron chi connectivity index (χ4n) is 2.29. The average Bonchev–Trinajstić information content (AvgIpc) is 2.46. The Balaban J connectivity index is 1.86. The van der Waals surface area contributed by atoms with E-state index in [4.69, 9.17) is 0 Å². The maximum absolute atomic E-state index is 10.6. The molecular weight excluding hydrogens is 264 g/mol. The van der Waals surface area contributed by atoms with Crippen LogP contribution in [0.4, 0.5) is 11.4 Å². The van der Waals surface area contributed by atoms with Gasteiger partial charge in [0.2, 0.25) is 0 Å². The van der Waals surface area contributed by atoms with Gasteiger partial charge in [0, 0.05) is 23.9 Å². The second kappa shape index (κ2) is 6.88. The van der Waals surface area contributed by atoms with E-state index in [-0.39, 0.29) is 10.6 Å². The molecule has 110 valence electrons. The molecular formula is C17H20N2O2. The summed E-state index contributed by atoms with van der Waals surface area (Å²) in [4.78, 5) is 10.2. The van der Waals surface area contributed by atoms with E-state index in [0.29, 0.717) is 6.04 Å². The van der Waals surface area contributed by atoms with Gasteiger partial charge in [-0.15, -0.1) is 0 Å². The molecule has 4 nitrogen and oxygen atoms in total. The van der Waals surface area contributed by atoms with Gasteiger partial charge < -0.3 is 5.32 Å². The quantitative estimate of drug-likeness (QED) is 0.634. The van der Waals surface area contributed by atoms with Gasteiger partial charge in [-0.05, 0) is 44.4 Å². The van der Waals surface area contributed by atoms with Gasteiger partial charge in [0.15, 0.2) is 0 Å². The number of nitro groups is 1. The van der Waals surface area contributed by atoms with Crippen LogP contribution in [0.2, 0.25) is 0 Å². The maximum atomic E-state index is 10.6. The minimum absolute atomic E-state index is 0.118. The predicted octanol–water partition coefficient (Wildman–Crippen LogP) is 4.34. The molecule has 0 aliphatic carbocycles. The first-order valence-electron chi connectivity index (χ1n) is 7.11. The van der Waals surface area contributed by atoms with Crippen molar-refractivity contribution in [2.45, 2.75) is 32.7 Å². The van der Waals surface area contributed by atoms with Crippen LogP contribution >= 0.6 is 0 Å². The van der Waals surface area contributed by atoms with Crippen molar-refractivity contribution in [3.8, 4) is 0 Å². The van der Waals surface area contributed by atoms with Crippen molar-refractivity contribution in [3.05, 3.63) is 69.8 Å². The van der Waals surface area contributed by atoms with Gasteiger partial charge in [0.25, 0.3) is 5.69 Å². The first kappa shape index (κ1) is 15.0. The van der Waals surface area contributed by atoms with Gasteiger partial charge in [-0.25, -0.2) is 0 Å². The molecule has 0 bridgehead atoms. The van der Waals surface area contributed by atoms with Gasteiger partial charge in [0.1, 0.15) is 0 Å². The van der Waals surface area contributed by atoms with Crippen molar-refractivity contribution in [1.29, 1.82) is 0 Å². The Labute approximate surface area is 125 Å². The van der Waals surface area contributed by atoms with E-state index in [0.717, 1.165) is 18.5 Å². The second-order valence-electron chi connectivity index (χ2n) is 5.38. The highest BCUT2D eigenvalue weighted by atomic mass is 16.6. The molecule has 0 aromatic heterocycles. The molecule has 4 heteroatoms. The zero-order chi connectivity index (χ0) is 15.2. The summed E-state index contributed by atoms with van der Waals surface area (Å²) in [5.41, 5.74) is 3.65. The number of nitro benzene ring substituents is 1. The lowest BCUT2D eigenvalue weighted by atomic mass is 10.0. The SMILES string of the molecule is Cc1cccc(CCC(C)Nc2ccc([N+](=O)[O-])cc2)c1. The maximum Gasteiger partial charge on any atom is 0.269 e. The molecule has 0 heterocycles. The van der Waals surface area contributed by atoms with Crippen LogP contribution in [-0.4, -0.2) is 11.0 Å². The van der Waals surface area contributed by atoms with Crippen LogP contribution in [0.5, 0.6) is 0 Å². The zero-order valence-electron chi connectivity index (χ0n) is 12.4. The summed E-state index contributed by atoms with van der Waals surface area (Å²) >= 11 is 0. The molecule has 1 atom stereocenters. The summed E-state index contributed by atoms with van der Waals surface area (Å²) in [5, 5.41) is 14.0. The Kier molecular flexibility index (Phi) is 4.93. The highest BCUT2D eigenvalue weighted by molar-refractivity contribution is 5.49. The Hall–Kier alpha value is -2.36. The molecule has 1 unspecified atom stereocenters. The van der Waals surface area contributed by atoms with E-state index in [1.165, 1.54) is 23.3 Å². The highest BCUT2D eigenvalue weighted by Gasteiger charge is 2.06. The summed E-state index contributed by atoms with van der Waals surface area (Å²) in [6.07, 6.45) is 2.03. The van der Waals surface area contributed by atoms with Crippen LogP contribution in [0, 0.1) is 17.0 Å². The normalized spacial score (nSPS) is 11.9. The molecule has 0 amide bonds. The molecule has 1 N–H and O–H groups in total. The number of nitrogens with zero attached hydrogens (tertiary/aromatic N) is 1. The lowest BCUT2D eigenvalue weighted by Crippen LogP contribution is -2.15. The number of hydrogen-bond donors (Lipinski definition) is 1. The van der Waals surface area contributed by atoms with E-state index < -0.39 is 0 Å². The standard InChI is InChI=1S/C17H20N2O2/c1-13-4-3-5-15(12-13)7-6-14(2)18-16-8-10-17(11-9-16)19(20)21/h3-5,8-12,14,18H,6-7H2,1-2H3. The lowest BCUT2D eigenvalue weighted by molar-refractivity contribution is -0.384.